The van der Waals surface area contributed by atoms with Gasteiger partial charge in [-0.3, -0.25) is 4.79 Å². The van der Waals surface area contributed by atoms with E-state index in [0.717, 1.165) is 10.2 Å². The number of carbonyl (C=O) groups excluding carboxylic acids is 1. The van der Waals surface area contributed by atoms with Crippen LogP contribution in [0.3, 0.4) is 0 Å². The van der Waals surface area contributed by atoms with Gasteiger partial charge in [0.15, 0.2) is 10.6 Å². The number of thiazole rings is 1. The van der Waals surface area contributed by atoms with E-state index < -0.39 is 0 Å². The van der Waals surface area contributed by atoms with Crippen LogP contribution in [0.2, 0.25) is 0 Å². The molecule has 0 aliphatic heterocycles. The molecule has 0 bridgehead atoms. The number of rotatable bonds is 3. The van der Waals surface area contributed by atoms with Crippen molar-refractivity contribution in [3.63, 3.8) is 0 Å². The van der Waals surface area contributed by atoms with E-state index >= 15 is 0 Å². The van der Waals surface area contributed by atoms with Crippen LogP contribution in [-0.2, 0) is 6.54 Å². The summed E-state index contributed by atoms with van der Waals surface area (Å²) in [4.78, 5) is 16.9. The molecule has 0 saturated heterocycles. The van der Waals surface area contributed by atoms with Gasteiger partial charge in [-0.05, 0) is 36.8 Å². The summed E-state index contributed by atoms with van der Waals surface area (Å²) in [5.41, 5.74) is 2.23. The molecule has 0 aliphatic carbocycles. The summed E-state index contributed by atoms with van der Waals surface area (Å²) in [7, 11) is 0. The Kier molecular flexibility index (Phi) is 3.58. The van der Waals surface area contributed by atoms with Gasteiger partial charge in [0.1, 0.15) is 0 Å². The van der Waals surface area contributed by atoms with Gasteiger partial charge in [-0.2, -0.15) is 4.99 Å². The summed E-state index contributed by atoms with van der Waals surface area (Å²) in [5.74, 6) is -0.130. The zero-order chi connectivity index (χ0) is 14.8. The molecule has 0 atom stereocenters. The second-order valence-corrected chi connectivity index (χ2v) is 5.66. The number of hydrogen-bond acceptors (Lipinski definition) is 3. The minimum absolute atomic E-state index is 0.244. The topological polar surface area (TPSA) is 47.5 Å². The number of amides is 1. The van der Waals surface area contributed by atoms with E-state index in [1.54, 1.807) is 18.2 Å². The highest BCUT2D eigenvalue weighted by molar-refractivity contribution is 7.16. The third-order valence-electron chi connectivity index (χ3n) is 3.08. The van der Waals surface area contributed by atoms with Crippen molar-refractivity contribution in [3.05, 3.63) is 65.4 Å². The smallest absolute Gasteiger partial charge is 0.315 e. The number of allylic oxidation sites excluding steroid dienone is 1. The average Bonchev–Trinajstić information content (AvgIpc) is 3.08. The molecular weight excluding hydrogens is 284 g/mol. The van der Waals surface area contributed by atoms with Gasteiger partial charge in [0.2, 0.25) is 0 Å². The third kappa shape index (κ3) is 2.60. The third-order valence-corrected chi connectivity index (χ3v) is 4.12. The van der Waals surface area contributed by atoms with Crippen LogP contribution in [0.25, 0.3) is 10.2 Å². The molecule has 2 heterocycles. The van der Waals surface area contributed by atoms with E-state index in [-0.39, 0.29) is 11.7 Å². The first kappa shape index (κ1) is 13.6. The van der Waals surface area contributed by atoms with Gasteiger partial charge < -0.3 is 8.98 Å². The molecule has 3 rings (SSSR count). The number of aromatic nitrogens is 1. The van der Waals surface area contributed by atoms with Crippen molar-refractivity contribution in [3.8, 4) is 0 Å². The normalized spacial score (nSPS) is 12.0. The fourth-order valence-corrected chi connectivity index (χ4v) is 3.25. The Balaban J connectivity index is 2.19. The predicted octanol–water partition coefficient (Wildman–Crippen LogP) is 3.53. The molecule has 1 amide bonds. The Morgan fingerprint density at radius 1 is 1.48 bits per heavy atom. The molecule has 0 fully saturated rings. The fourth-order valence-electron chi connectivity index (χ4n) is 2.11. The Bertz CT molecular complexity index is 869. The van der Waals surface area contributed by atoms with Crippen LogP contribution in [0.15, 0.2) is 58.7 Å². The maximum atomic E-state index is 12.1. The maximum absolute atomic E-state index is 12.1. The van der Waals surface area contributed by atoms with Gasteiger partial charge in [-0.15, -0.1) is 6.58 Å². The molecule has 1 aromatic carbocycles. The van der Waals surface area contributed by atoms with E-state index in [1.165, 1.54) is 23.2 Å². The highest BCUT2D eigenvalue weighted by Crippen LogP contribution is 2.19. The van der Waals surface area contributed by atoms with Crippen molar-refractivity contribution in [1.29, 1.82) is 0 Å². The van der Waals surface area contributed by atoms with E-state index in [0.29, 0.717) is 11.3 Å². The molecule has 0 saturated carbocycles. The highest BCUT2D eigenvalue weighted by atomic mass is 32.1. The number of fused-ring (bicyclic) bond motifs is 1. The molecule has 3 aromatic rings. The summed E-state index contributed by atoms with van der Waals surface area (Å²) in [6.45, 7) is 6.42. The Hall–Kier alpha value is -2.40. The van der Waals surface area contributed by atoms with Crippen LogP contribution in [0, 0.1) is 6.92 Å². The van der Waals surface area contributed by atoms with Crippen LogP contribution >= 0.6 is 11.3 Å². The molecule has 5 heteroatoms. The highest BCUT2D eigenvalue weighted by Gasteiger charge is 2.10. The second kappa shape index (κ2) is 5.54. The number of hydrogen-bond donors (Lipinski definition) is 0. The molecule has 21 heavy (non-hydrogen) atoms. The minimum Gasteiger partial charge on any atom is -0.459 e. The lowest BCUT2D eigenvalue weighted by atomic mass is 10.2. The van der Waals surface area contributed by atoms with Crippen molar-refractivity contribution in [2.75, 3.05) is 0 Å². The van der Waals surface area contributed by atoms with Crippen molar-refractivity contribution < 1.29 is 9.21 Å². The molecule has 0 unspecified atom stereocenters. The molecule has 0 spiro atoms. The van der Waals surface area contributed by atoms with Crippen LogP contribution < -0.4 is 4.80 Å². The SMILES string of the molecule is C=CCn1c(=NC(=O)c2ccco2)sc2cc(C)ccc21. The molecular formula is C16H14N2O2S. The van der Waals surface area contributed by atoms with Crippen LogP contribution in [-0.4, -0.2) is 10.5 Å². The second-order valence-electron chi connectivity index (χ2n) is 4.65. The Labute approximate surface area is 125 Å². The lowest BCUT2D eigenvalue weighted by molar-refractivity contribution is 0.0971. The predicted molar refractivity (Wildman–Crippen MR) is 83.4 cm³/mol. The lowest BCUT2D eigenvalue weighted by Crippen LogP contribution is -2.16. The molecule has 0 radical (unpaired) electrons. The van der Waals surface area contributed by atoms with Crippen molar-refractivity contribution in [2.45, 2.75) is 13.5 Å². The zero-order valence-corrected chi connectivity index (χ0v) is 12.4. The van der Waals surface area contributed by atoms with Gasteiger partial charge in [0, 0.05) is 6.54 Å². The van der Waals surface area contributed by atoms with Gasteiger partial charge in [0.25, 0.3) is 0 Å². The van der Waals surface area contributed by atoms with Crippen LogP contribution in [0.5, 0.6) is 0 Å². The van der Waals surface area contributed by atoms with Crippen molar-refractivity contribution in [2.24, 2.45) is 4.99 Å². The summed E-state index contributed by atoms with van der Waals surface area (Å²) in [6, 6.07) is 9.47. The summed E-state index contributed by atoms with van der Waals surface area (Å²) >= 11 is 1.49. The standard InChI is InChI=1S/C16H14N2O2S/c1-3-8-18-12-7-6-11(2)10-14(12)21-16(18)17-15(19)13-5-4-9-20-13/h3-7,9-10H,1,8H2,2H3. The average molecular weight is 298 g/mol. The van der Waals surface area contributed by atoms with Crippen LogP contribution in [0.4, 0.5) is 0 Å². The Morgan fingerprint density at radius 2 is 2.33 bits per heavy atom. The quantitative estimate of drug-likeness (QED) is 0.694. The number of aryl methyl sites for hydroxylation is 1. The molecule has 2 aromatic heterocycles. The summed E-state index contributed by atoms with van der Waals surface area (Å²) in [5, 5.41) is 0. The van der Waals surface area contributed by atoms with Gasteiger partial charge >= 0.3 is 5.91 Å². The Morgan fingerprint density at radius 3 is 3.05 bits per heavy atom. The number of nitrogens with zero attached hydrogens (tertiary/aromatic N) is 2. The van der Waals surface area contributed by atoms with E-state index in [9.17, 15) is 4.79 Å². The van der Waals surface area contributed by atoms with Crippen molar-refractivity contribution in [1.82, 2.24) is 4.57 Å². The van der Waals surface area contributed by atoms with E-state index in [4.69, 9.17) is 4.42 Å². The number of benzene rings is 1. The van der Waals surface area contributed by atoms with Crippen LogP contribution in [0.1, 0.15) is 16.1 Å². The molecule has 0 N–H and O–H groups in total. The first-order valence-corrected chi connectivity index (χ1v) is 7.34. The van der Waals surface area contributed by atoms with E-state index in [1.807, 2.05) is 23.6 Å². The maximum Gasteiger partial charge on any atom is 0.315 e. The monoisotopic (exact) mass is 298 g/mol. The molecule has 4 nitrogen and oxygen atoms in total. The number of furan rings is 1. The number of carbonyl (C=O) groups is 1. The van der Waals surface area contributed by atoms with Gasteiger partial charge in [-0.1, -0.05) is 23.5 Å². The fraction of sp³-hybridized carbons (Fsp3) is 0.125. The summed E-state index contributed by atoms with van der Waals surface area (Å²) in [6.07, 6.45) is 3.26. The first-order chi connectivity index (χ1) is 10.2. The molecule has 0 aliphatic rings. The molecule has 106 valence electrons. The first-order valence-electron chi connectivity index (χ1n) is 6.52. The lowest BCUT2D eigenvalue weighted by Gasteiger charge is -2.00. The van der Waals surface area contributed by atoms with Gasteiger partial charge in [0.05, 0.1) is 16.5 Å². The van der Waals surface area contributed by atoms with Crippen molar-refractivity contribution >= 4 is 27.5 Å². The van der Waals surface area contributed by atoms with Gasteiger partial charge in [-0.25, -0.2) is 0 Å². The minimum atomic E-state index is -0.374. The zero-order valence-electron chi connectivity index (χ0n) is 11.6. The van der Waals surface area contributed by atoms with E-state index in [2.05, 4.69) is 17.6 Å². The summed E-state index contributed by atoms with van der Waals surface area (Å²) < 4.78 is 8.17. The largest absolute Gasteiger partial charge is 0.459 e.